The van der Waals surface area contributed by atoms with Crippen molar-refractivity contribution in [2.45, 2.75) is 83.9 Å². The SMILES string of the molecule is Cc1cc(-n2nc3c(c2-n2ccn(-c4ccc5c(cnn5C)c4F)c2=O)CN(C(=O)c2cc4cc(C5CCOC(C)(C)C5)ccc4n2[C@@]2(c4noc(=O)[nH]4)C[C@@H]2C)CC3)cc(C)c1F. The minimum absolute atomic E-state index is 0.00593. The summed E-state index contributed by atoms with van der Waals surface area (Å²) >= 11 is 0. The first-order valence-electron chi connectivity index (χ1n) is 21.6. The molecule has 0 bridgehead atoms. The highest BCUT2D eigenvalue weighted by Gasteiger charge is 2.59. The zero-order valence-corrected chi connectivity index (χ0v) is 36.3. The monoisotopic (exact) mass is 868 g/mol. The Morgan fingerprint density at radius 3 is 2.42 bits per heavy atom. The molecule has 1 saturated carbocycles. The number of carbonyl (C=O) groups is 1. The van der Waals surface area contributed by atoms with Gasteiger partial charge in [0.2, 0.25) is 0 Å². The van der Waals surface area contributed by atoms with Gasteiger partial charge in [-0.05, 0) is 118 Å². The quantitative estimate of drug-likeness (QED) is 0.182. The van der Waals surface area contributed by atoms with Crippen LogP contribution >= 0.6 is 0 Å². The number of imidazole rings is 1. The molecule has 15 nitrogen and oxygen atoms in total. The second-order valence-electron chi connectivity index (χ2n) is 18.4. The number of hydrogen-bond acceptors (Lipinski definition) is 8. The fourth-order valence-corrected chi connectivity index (χ4v) is 10.4. The Morgan fingerprint density at radius 2 is 1.70 bits per heavy atom. The van der Waals surface area contributed by atoms with Gasteiger partial charge >= 0.3 is 11.4 Å². The third kappa shape index (κ3) is 5.99. The highest BCUT2D eigenvalue weighted by atomic mass is 19.1. The van der Waals surface area contributed by atoms with Gasteiger partial charge in [-0.1, -0.05) is 18.1 Å². The number of carbonyl (C=O) groups excluding carboxylic acids is 1. The number of fused-ring (bicyclic) bond motifs is 3. The zero-order valence-electron chi connectivity index (χ0n) is 36.3. The van der Waals surface area contributed by atoms with Crippen LogP contribution in [0.5, 0.6) is 0 Å². The molecule has 2 fully saturated rings. The van der Waals surface area contributed by atoms with E-state index in [0.717, 1.165) is 29.3 Å². The molecule has 5 aromatic heterocycles. The maximum absolute atomic E-state index is 16.1. The van der Waals surface area contributed by atoms with Crippen LogP contribution in [0.25, 0.3) is 39.0 Å². The van der Waals surface area contributed by atoms with Crippen molar-refractivity contribution in [3.63, 3.8) is 0 Å². The fourth-order valence-electron chi connectivity index (χ4n) is 10.4. The number of amides is 1. The van der Waals surface area contributed by atoms with E-state index in [1.807, 2.05) is 10.6 Å². The summed E-state index contributed by atoms with van der Waals surface area (Å²) in [4.78, 5) is 46.8. The van der Waals surface area contributed by atoms with Crippen LogP contribution in [0.4, 0.5) is 8.78 Å². The van der Waals surface area contributed by atoms with Crippen LogP contribution in [0.3, 0.4) is 0 Å². The number of aryl methyl sites for hydroxylation is 3. The molecular weight excluding hydrogens is 823 g/mol. The van der Waals surface area contributed by atoms with Gasteiger partial charge in [-0.15, -0.1) is 0 Å². The largest absolute Gasteiger partial charge is 0.438 e. The lowest BCUT2D eigenvalue weighted by molar-refractivity contribution is -0.0592. The third-order valence-corrected chi connectivity index (χ3v) is 13.8. The molecule has 1 aliphatic carbocycles. The van der Waals surface area contributed by atoms with E-state index < -0.39 is 22.8 Å². The van der Waals surface area contributed by atoms with Gasteiger partial charge in [0.1, 0.15) is 22.9 Å². The highest BCUT2D eigenvalue weighted by Crippen LogP contribution is 2.56. The van der Waals surface area contributed by atoms with Gasteiger partial charge in [0, 0.05) is 55.5 Å². The van der Waals surface area contributed by atoms with Gasteiger partial charge in [-0.2, -0.15) is 10.2 Å². The van der Waals surface area contributed by atoms with Crippen molar-refractivity contribution >= 4 is 27.7 Å². The van der Waals surface area contributed by atoms with Gasteiger partial charge in [-0.25, -0.2) is 23.1 Å². The topological polar surface area (TPSA) is 156 Å². The van der Waals surface area contributed by atoms with Gasteiger partial charge in [0.05, 0.1) is 46.3 Å². The molecule has 2 aliphatic heterocycles. The summed E-state index contributed by atoms with van der Waals surface area (Å²) in [5.74, 6) is -0.903. The average molecular weight is 869 g/mol. The van der Waals surface area contributed by atoms with E-state index in [4.69, 9.17) is 14.4 Å². The van der Waals surface area contributed by atoms with Crippen molar-refractivity contribution in [2.24, 2.45) is 13.0 Å². The Labute approximate surface area is 364 Å². The van der Waals surface area contributed by atoms with Gasteiger partial charge < -0.3 is 14.2 Å². The number of ether oxygens (including phenoxy) is 1. The van der Waals surface area contributed by atoms with Crippen molar-refractivity contribution in [1.29, 1.82) is 0 Å². The number of halogens is 2. The zero-order chi connectivity index (χ0) is 44.6. The predicted octanol–water partition coefficient (Wildman–Crippen LogP) is 6.88. The number of nitrogens with zero attached hydrogens (tertiary/aromatic N) is 9. The van der Waals surface area contributed by atoms with Crippen LogP contribution in [0.1, 0.15) is 90.2 Å². The summed E-state index contributed by atoms with van der Waals surface area (Å²) in [5, 5.41) is 14.5. The lowest BCUT2D eigenvalue weighted by atomic mass is 9.83. The number of benzene rings is 3. The van der Waals surface area contributed by atoms with E-state index in [1.54, 1.807) is 65.6 Å². The molecule has 11 rings (SSSR count). The van der Waals surface area contributed by atoms with Crippen LogP contribution in [0.15, 0.2) is 81.2 Å². The number of hydrogen-bond donors (Lipinski definition) is 1. The van der Waals surface area contributed by atoms with Crippen LogP contribution in [0.2, 0.25) is 0 Å². The molecule has 0 radical (unpaired) electrons. The van der Waals surface area contributed by atoms with Crippen LogP contribution < -0.4 is 11.4 Å². The number of rotatable bonds is 7. The van der Waals surface area contributed by atoms with Gasteiger partial charge in [0.25, 0.3) is 5.91 Å². The Balaban J connectivity index is 1.04. The van der Waals surface area contributed by atoms with E-state index in [9.17, 15) is 9.59 Å². The second-order valence-corrected chi connectivity index (χ2v) is 18.4. The van der Waals surface area contributed by atoms with E-state index >= 15 is 13.6 Å². The lowest BCUT2D eigenvalue weighted by Gasteiger charge is -2.35. The summed E-state index contributed by atoms with van der Waals surface area (Å²) in [7, 11) is 1.72. The standard InChI is InChI=1S/C47H46F2N10O5/c1-25-17-31(18-26(2)39(25)48)59-41(57-15-14-56(45(57)62)37-10-9-36-32(40(37)49)23-50-54(36)6)33-24-55(13-11-34(33)52-59)42(60)38-20-30-19-28(29-12-16-63-46(4,5)22-29)7-8-35(30)58(38)47(21-27(47)3)43-51-44(61)64-53-43/h7-10,14-15,17-20,23,27,29H,11-13,16,21-22,24H2,1-6H3,(H,51,53,61)/t27-,29?,47-/m0/s1. The molecule has 3 aromatic carbocycles. The number of H-pyrrole nitrogens is 1. The maximum atomic E-state index is 16.1. The third-order valence-electron chi connectivity index (χ3n) is 13.8. The first-order valence-corrected chi connectivity index (χ1v) is 21.6. The number of aromatic amines is 1. The smallest absolute Gasteiger partial charge is 0.376 e. The van der Waals surface area contributed by atoms with Crippen molar-refractivity contribution in [2.75, 3.05) is 13.2 Å². The molecule has 3 atom stereocenters. The van der Waals surface area contributed by atoms with E-state index in [1.165, 1.54) is 21.5 Å². The molecule has 17 heteroatoms. The molecule has 1 N–H and O–H groups in total. The number of nitrogens with one attached hydrogen (secondary N) is 1. The summed E-state index contributed by atoms with van der Waals surface area (Å²) in [6.45, 7) is 10.7. The molecule has 328 valence electrons. The minimum atomic E-state index is -0.847. The van der Waals surface area contributed by atoms with E-state index in [2.05, 4.69) is 54.2 Å². The van der Waals surface area contributed by atoms with Crippen LogP contribution in [0, 0.1) is 31.4 Å². The maximum Gasteiger partial charge on any atom is 0.438 e. The summed E-state index contributed by atoms with van der Waals surface area (Å²) in [6.07, 6.45) is 7.18. The Bertz CT molecular complexity index is 3340. The van der Waals surface area contributed by atoms with E-state index in [-0.39, 0.29) is 46.8 Å². The molecule has 3 aliphatic rings. The van der Waals surface area contributed by atoms with Gasteiger partial charge in [0.15, 0.2) is 11.6 Å². The van der Waals surface area contributed by atoms with Crippen LogP contribution in [-0.2, 0) is 30.3 Å². The molecule has 1 saturated heterocycles. The predicted molar refractivity (Wildman–Crippen MR) is 233 cm³/mol. The minimum Gasteiger partial charge on any atom is -0.376 e. The van der Waals surface area contributed by atoms with E-state index in [0.29, 0.717) is 76.9 Å². The Morgan fingerprint density at radius 1 is 0.953 bits per heavy atom. The van der Waals surface area contributed by atoms with Crippen molar-refractivity contribution in [1.82, 2.24) is 48.3 Å². The van der Waals surface area contributed by atoms with Crippen molar-refractivity contribution in [3.05, 3.63) is 139 Å². The molecule has 1 amide bonds. The molecule has 64 heavy (non-hydrogen) atoms. The first-order chi connectivity index (χ1) is 30.6. The van der Waals surface area contributed by atoms with Crippen LogP contribution in [-0.4, -0.2) is 73.0 Å². The second kappa shape index (κ2) is 14.1. The Hall–Kier alpha value is -6.88. The average Bonchev–Trinajstić information content (AvgIpc) is 3.89. The first kappa shape index (κ1) is 39.9. The Kier molecular flexibility index (Phi) is 8.77. The molecule has 7 heterocycles. The molecular formula is C47H46F2N10O5. The molecule has 8 aromatic rings. The fraction of sp³-hybridized carbons (Fsp3) is 0.362. The lowest BCUT2D eigenvalue weighted by Crippen LogP contribution is -2.39. The normalized spacial score (nSPS) is 20.7. The molecule has 1 unspecified atom stereocenters. The summed E-state index contributed by atoms with van der Waals surface area (Å²) in [6, 6.07) is 14.9. The molecule has 0 spiro atoms. The van der Waals surface area contributed by atoms with Crippen molar-refractivity contribution < 1.29 is 22.8 Å². The summed E-state index contributed by atoms with van der Waals surface area (Å²) in [5.41, 5.74) is 3.95. The van der Waals surface area contributed by atoms with Crippen molar-refractivity contribution in [3.8, 4) is 17.2 Å². The number of aromatic nitrogens is 9. The highest BCUT2D eigenvalue weighted by molar-refractivity contribution is 5.99. The summed E-state index contributed by atoms with van der Waals surface area (Å²) < 4.78 is 50.0. The van der Waals surface area contributed by atoms with Gasteiger partial charge in [-0.3, -0.25) is 28.1 Å².